The molecule has 3 aromatic carbocycles. The van der Waals surface area contributed by atoms with Gasteiger partial charge in [-0.25, -0.2) is 0 Å². The molecule has 4 nitrogen and oxygen atoms in total. The highest BCUT2D eigenvalue weighted by molar-refractivity contribution is 8.17. The van der Waals surface area contributed by atoms with Crippen LogP contribution < -0.4 is 15.1 Å². The molecule has 0 saturated carbocycles. The molecule has 0 aliphatic carbocycles. The summed E-state index contributed by atoms with van der Waals surface area (Å²) in [7, 11) is -1.04. The van der Waals surface area contributed by atoms with Crippen LogP contribution in [0.25, 0.3) is 0 Å². The third kappa shape index (κ3) is 6.45. The van der Waals surface area contributed by atoms with Crippen LogP contribution in [0.3, 0.4) is 0 Å². The molecule has 0 bridgehead atoms. The Morgan fingerprint density at radius 3 is 2.00 bits per heavy atom. The number of carbonyl (C=O) groups excluding carboxylic acids is 1. The molecule has 1 heterocycles. The largest absolute Gasteiger partial charge is 0.497 e. The second kappa shape index (κ2) is 12.1. The minimum absolute atomic E-state index is 0.0496. The first kappa shape index (κ1) is 27.8. The van der Waals surface area contributed by atoms with Gasteiger partial charge >= 0.3 is 5.97 Å². The van der Waals surface area contributed by atoms with Gasteiger partial charge in [0.25, 0.3) is 8.32 Å². The fourth-order valence-corrected chi connectivity index (χ4v) is 12.8. The average Bonchev–Trinajstić information content (AvgIpc) is 3.27. The van der Waals surface area contributed by atoms with Crippen LogP contribution in [0.2, 0.25) is 5.04 Å². The van der Waals surface area contributed by atoms with Gasteiger partial charge in [0.15, 0.2) is 0 Å². The number of carbonyl (C=O) groups is 1. The van der Waals surface area contributed by atoms with Gasteiger partial charge in [-0.2, -0.15) is 0 Å². The predicted molar refractivity (Wildman–Crippen MR) is 158 cm³/mol. The molecule has 0 spiro atoms. The summed E-state index contributed by atoms with van der Waals surface area (Å²) in [5, 5.41) is 2.46. The van der Waals surface area contributed by atoms with Crippen LogP contribution in [0.1, 0.15) is 34.1 Å². The Balaban J connectivity index is 1.69. The average molecular weight is 553 g/mol. The van der Waals surface area contributed by atoms with E-state index in [4.69, 9.17) is 13.9 Å². The van der Waals surface area contributed by atoms with Gasteiger partial charge in [-0.05, 0) is 46.1 Å². The molecule has 3 aromatic rings. The minimum atomic E-state index is -2.73. The highest BCUT2D eigenvalue weighted by Crippen LogP contribution is 2.47. The molecule has 0 N–H and O–H groups in total. The monoisotopic (exact) mass is 552 g/mol. The fourth-order valence-electron chi connectivity index (χ4n) is 4.95. The molecule has 37 heavy (non-hydrogen) atoms. The summed E-state index contributed by atoms with van der Waals surface area (Å²) in [5.41, 5.74) is 0. The molecule has 7 heteroatoms. The molecular weight excluding hydrogens is 517 g/mol. The van der Waals surface area contributed by atoms with Gasteiger partial charge in [-0.15, -0.1) is 23.5 Å². The highest BCUT2D eigenvalue weighted by Gasteiger charge is 2.53. The van der Waals surface area contributed by atoms with E-state index in [1.807, 2.05) is 35.7 Å². The summed E-state index contributed by atoms with van der Waals surface area (Å²) in [6.45, 7) is 8.72. The minimum Gasteiger partial charge on any atom is -0.497 e. The van der Waals surface area contributed by atoms with E-state index in [0.717, 1.165) is 12.2 Å². The van der Waals surface area contributed by atoms with Crippen LogP contribution in [0.15, 0.2) is 89.8 Å². The van der Waals surface area contributed by atoms with Gasteiger partial charge in [-0.1, -0.05) is 81.4 Å². The second-order valence-electron chi connectivity index (χ2n) is 10.3. The number of benzene rings is 3. The smallest absolute Gasteiger partial charge is 0.302 e. The number of ether oxygens (including phenoxy) is 2. The van der Waals surface area contributed by atoms with Gasteiger partial charge in [0.2, 0.25) is 0 Å². The van der Waals surface area contributed by atoms with Crippen LogP contribution in [-0.2, 0) is 14.0 Å². The first-order chi connectivity index (χ1) is 17.7. The molecule has 1 saturated heterocycles. The Hall–Kier alpha value is -2.19. The molecule has 1 aliphatic rings. The van der Waals surface area contributed by atoms with E-state index in [1.165, 1.54) is 22.2 Å². The Labute approximate surface area is 230 Å². The predicted octanol–water partition coefficient (Wildman–Crippen LogP) is 6.13. The molecule has 0 radical (unpaired) electrons. The van der Waals surface area contributed by atoms with E-state index in [1.54, 1.807) is 7.11 Å². The summed E-state index contributed by atoms with van der Waals surface area (Å²) in [4.78, 5) is 12.9. The molecular formula is C30H36O4S2Si. The van der Waals surface area contributed by atoms with Crippen molar-refractivity contribution in [2.45, 2.75) is 60.0 Å². The lowest BCUT2D eigenvalue weighted by Crippen LogP contribution is -2.68. The summed E-state index contributed by atoms with van der Waals surface area (Å²) < 4.78 is 18.6. The maximum Gasteiger partial charge on any atom is 0.302 e. The summed E-state index contributed by atoms with van der Waals surface area (Å²) in [6, 6.07) is 29.6. The maximum absolute atomic E-state index is 11.7. The Morgan fingerprint density at radius 2 is 1.51 bits per heavy atom. The molecule has 1 fully saturated rings. The summed E-state index contributed by atoms with van der Waals surface area (Å²) >= 11 is 3.70. The van der Waals surface area contributed by atoms with Crippen molar-refractivity contribution in [2.75, 3.05) is 13.7 Å². The van der Waals surface area contributed by atoms with E-state index in [9.17, 15) is 4.79 Å². The van der Waals surface area contributed by atoms with Crippen molar-refractivity contribution in [2.24, 2.45) is 0 Å². The fraction of sp³-hybridized carbons (Fsp3) is 0.367. The number of methoxy groups -OCH3 is 1. The Morgan fingerprint density at radius 1 is 0.946 bits per heavy atom. The number of hydrogen-bond acceptors (Lipinski definition) is 6. The van der Waals surface area contributed by atoms with Gasteiger partial charge < -0.3 is 13.9 Å². The highest BCUT2D eigenvalue weighted by atomic mass is 32.2. The third-order valence-corrected chi connectivity index (χ3v) is 14.7. The van der Waals surface area contributed by atoms with Crippen LogP contribution in [0.5, 0.6) is 5.75 Å². The van der Waals surface area contributed by atoms with E-state index in [0.29, 0.717) is 6.61 Å². The zero-order valence-electron chi connectivity index (χ0n) is 22.2. The number of hydrogen-bond donors (Lipinski definition) is 0. The molecule has 1 unspecified atom stereocenters. The summed E-state index contributed by atoms with van der Waals surface area (Å²) in [6.07, 6.45) is 0.823. The molecule has 0 amide bonds. The third-order valence-electron chi connectivity index (χ3n) is 6.69. The zero-order chi connectivity index (χ0) is 26.5. The van der Waals surface area contributed by atoms with Gasteiger partial charge in [-0.3, -0.25) is 4.79 Å². The first-order valence-electron chi connectivity index (χ1n) is 12.6. The molecule has 3 atom stereocenters. The van der Waals surface area contributed by atoms with Crippen molar-refractivity contribution in [3.63, 3.8) is 0 Å². The van der Waals surface area contributed by atoms with Crippen LogP contribution in [0.4, 0.5) is 0 Å². The second-order valence-corrected chi connectivity index (χ2v) is 17.5. The van der Waals surface area contributed by atoms with Gasteiger partial charge in [0.1, 0.15) is 12.4 Å². The lowest BCUT2D eigenvalue weighted by Gasteiger charge is -2.45. The SMILES string of the molecule is COc1ccc(SC2C[C@H](O[Si](c3ccccc3)(c3ccccc3)C(C)(C)C)[C@@H](COC(C)=O)S2)cc1. The summed E-state index contributed by atoms with van der Waals surface area (Å²) in [5.74, 6) is 0.597. The molecule has 4 rings (SSSR count). The topological polar surface area (TPSA) is 44.8 Å². The molecule has 1 aliphatic heterocycles. The van der Waals surface area contributed by atoms with E-state index < -0.39 is 8.32 Å². The Kier molecular flexibility index (Phi) is 9.11. The van der Waals surface area contributed by atoms with Crippen molar-refractivity contribution in [3.8, 4) is 5.75 Å². The normalized spacial score (nSPS) is 20.0. The van der Waals surface area contributed by atoms with E-state index >= 15 is 0 Å². The quantitative estimate of drug-likeness (QED) is 0.235. The standard InChI is InChI=1S/C30H36O4S2Si/c1-22(31)33-21-28-27(20-29(36-28)35-24-18-16-23(32-5)17-19-24)34-37(30(2,3)4,25-12-8-6-9-13-25)26-14-10-7-11-15-26/h6-19,27-29H,20-21H2,1-5H3/t27-,28+,29?/m0/s1. The zero-order valence-corrected chi connectivity index (χ0v) is 24.8. The van der Waals surface area contributed by atoms with Crippen molar-refractivity contribution in [1.82, 2.24) is 0 Å². The van der Waals surface area contributed by atoms with Crippen molar-refractivity contribution in [3.05, 3.63) is 84.9 Å². The Bertz CT molecular complexity index is 1110. The number of rotatable bonds is 9. The lowest BCUT2D eigenvalue weighted by atomic mass is 10.2. The maximum atomic E-state index is 11.7. The van der Waals surface area contributed by atoms with Crippen molar-refractivity contribution >= 4 is 48.2 Å². The van der Waals surface area contributed by atoms with Crippen LogP contribution >= 0.6 is 23.5 Å². The van der Waals surface area contributed by atoms with Crippen LogP contribution in [-0.4, -0.2) is 43.9 Å². The number of thioether (sulfide) groups is 2. The van der Waals surface area contributed by atoms with Crippen molar-refractivity contribution in [1.29, 1.82) is 0 Å². The van der Waals surface area contributed by atoms with Crippen molar-refractivity contribution < 1.29 is 18.7 Å². The van der Waals surface area contributed by atoms with Gasteiger partial charge in [0.05, 0.1) is 23.0 Å². The molecule has 196 valence electrons. The number of esters is 1. The first-order valence-corrected chi connectivity index (χ1v) is 16.3. The lowest BCUT2D eigenvalue weighted by molar-refractivity contribution is -0.141. The van der Waals surface area contributed by atoms with E-state index in [-0.39, 0.29) is 26.9 Å². The van der Waals surface area contributed by atoms with Gasteiger partial charge in [0, 0.05) is 11.8 Å². The molecule has 0 aromatic heterocycles. The van der Waals surface area contributed by atoms with E-state index in [2.05, 4.69) is 93.6 Å². The van der Waals surface area contributed by atoms with Crippen LogP contribution in [0, 0.1) is 0 Å².